The van der Waals surface area contributed by atoms with E-state index in [0.29, 0.717) is 24.5 Å². The SMILES string of the molecule is CCCNC(=O)C[NH+](C)CN1C(=O)C(=O)c2cc(C)ccc21. The number of benzene rings is 1. The van der Waals surface area contributed by atoms with E-state index in [2.05, 4.69) is 5.32 Å². The van der Waals surface area contributed by atoms with E-state index in [1.807, 2.05) is 27.0 Å². The normalized spacial score (nSPS) is 15.0. The molecule has 2 amide bonds. The largest absolute Gasteiger partial charge is 0.351 e. The highest BCUT2D eigenvalue weighted by Gasteiger charge is 2.37. The molecule has 1 heterocycles. The van der Waals surface area contributed by atoms with Gasteiger partial charge in [0.15, 0.2) is 13.2 Å². The second-order valence-corrected chi connectivity index (χ2v) is 5.72. The van der Waals surface area contributed by atoms with Crippen LogP contribution in [0.25, 0.3) is 0 Å². The Hall–Kier alpha value is -2.21. The van der Waals surface area contributed by atoms with Crippen LogP contribution in [0.2, 0.25) is 0 Å². The lowest BCUT2D eigenvalue weighted by atomic mass is 10.1. The summed E-state index contributed by atoms with van der Waals surface area (Å²) >= 11 is 0. The monoisotopic (exact) mass is 304 g/mol. The summed E-state index contributed by atoms with van der Waals surface area (Å²) < 4.78 is 0. The fourth-order valence-corrected chi connectivity index (χ4v) is 2.50. The van der Waals surface area contributed by atoms with Gasteiger partial charge in [0.05, 0.1) is 18.3 Å². The van der Waals surface area contributed by atoms with Crippen LogP contribution in [-0.2, 0) is 9.59 Å². The van der Waals surface area contributed by atoms with Crippen LogP contribution in [0.3, 0.4) is 0 Å². The Kier molecular flexibility index (Phi) is 4.92. The Morgan fingerprint density at radius 3 is 2.73 bits per heavy atom. The summed E-state index contributed by atoms with van der Waals surface area (Å²) in [6.45, 7) is 5.08. The molecule has 0 aliphatic carbocycles. The quantitative estimate of drug-likeness (QED) is 0.698. The van der Waals surface area contributed by atoms with Gasteiger partial charge in [0.2, 0.25) is 0 Å². The summed E-state index contributed by atoms with van der Waals surface area (Å²) in [7, 11) is 1.83. The smallest absolute Gasteiger partial charge is 0.303 e. The zero-order chi connectivity index (χ0) is 16.3. The third kappa shape index (κ3) is 3.33. The minimum Gasteiger partial charge on any atom is -0.351 e. The lowest BCUT2D eigenvalue weighted by Gasteiger charge is -2.21. The Bertz CT molecular complexity index is 613. The van der Waals surface area contributed by atoms with Crippen molar-refractivity contribution in [2.75, 3.05) is 31.7 Å². The van der Waals surface area contributed by atoms with Gasteiger partial charge in [-0.15, -0.1) is 0 Å². The highest BCUT2D eigenvalue weighted by Crippen LogP contribution is 2.28. The number of nitrogens with zero attached hydrogens (tertiary/aromatic N) is 1. The third-order valence-electron chi connectivity index (χ3n) is 3.59. The number of anilines is 1. The summed E-state index contributed by atoms with van der Waals surface area (Å²) in [5.74, 6) is -1.04. The minimum absolute atomic E-state index is 0.0542. The fraction of sp³-hybridized carbons (Fsp3) is 0.438. The van der Waals surface area contributed by atoms with Gasteiger partial charge in [-0.2, -0.15) is 0 Å². The molecule has 1 aromatic carbocycles. The van der Waals surface area contributed by atoms with Gasteiger partial charge in [0.1, 0.15) is 0 Å². The number of amides is 2. The number of quaternary nitrogens is 1. The van der Waals surface area contributed by atoms with E-state index in [4.69, 9.17) is 0 Å². The van der Waals surface area contributed by atoms with Crippen molar-refractivity contribution >= 4 is 23.3 Å². The van der Waals surface area contributed by atoms with Gasteiger partial charge < -0.3 is 10.2 Å². The molecule has 2 rings (SSSR count). The highest BCUT2D eigenvalue weighted by atomic mass is 16.2. The lowest BCUT2D eigenvalue weighted by molar-refractivity contribution is -0.869. The molecule has 0 bridgehead atoms. The fourth-order valence-electron chi connectivity index (χ4n) is 2.50. The van der Waals surface area contributed by atoms with Crippen LogP contribution in [0.1, 0.15) is 29.3 Å². The summed E-state index contributed by atoms with van der Waals surface area (Å²) in [6, 6.07) is 5.40. The molecule has 118 valence electrons. The molecule has 1 aliphatic heterocycles. The molecule has 0 fully saturated rings. The molecule has 0 saturated heterocycles. The van der Waals surface area contributed by atoms with Crippen LogP contribution in [0.5, 0.6) is 0 Å². The van der Waals surface area contributed by atoms with Gasteiger partial charge in [-0.05, 0) is 25.5 Å². The van der Waals surface area contributed by atoms with Crippen LogP contribution in [0.15, 0.2) is 18.2 Å². The molecule has 1 aliphatic rings. The van der Waals surface area contributed by atoms with Crippen molar-refractivity contribution in [3.8, 4) is 0 Å². The number of Topliss-reactive ketones (excluding diaryl/α,β-unsaturated/α-hetero) is 1. The molecule has 0 spiro atoms. The maximum Gasteiger partial charge on any atom is 0.303 e. The molecule has 0 radical (unpaired) electrons. The number of likely N-dealkylation sites (N-methyl/N-ethyl adjacent to an activating group) is 1. The molecule has 1 aromatic rings. The van der Waals surface area contributed by atoms with Gasteiger partial charge in [0.25, 0.3) is 11.7 Å². The number of nitrogens with one attached hydrogen (secondary N) is 2. The molecule has 1 atom stereocenters. The van der Waals surface area contributed by atoms with Crippen LogP contribution in [0, 0.1) is 6.92 Å². The van der Waals surface area contributed by atoms with Gasteiger partial charge in [-0.1, -0.05) is 18.6 Å². The summed E-state index contributed by atoms with van der Waals surface area (Å²) in [5.41, 5.74) is 2.03. The number of rotatable bonds is 6. The predicted octanol–water partition coefficient (Wildman–Crippen LogP) is -0.477. The molecular weight excluding hydrogens is 282 g/mol. The van der Waals surface area contributed by atoms with Crippen molar-refractivity contribution in [3.05, 3.63) is 29.3 Å². The first-order chi connectivity index (χ1) is 10.4. The van der Waals surface area contributed by atoms with E-state index < -0.39 is 11.7 Å². The maximum atomic E-state index is 12.1. The second kappa shape index (κ2) is 6.70. The number of carbonyl (C=O) groups is 3. The van der Waals surface area contributed by atoms with Crippen molar-refractivity contribution in [3.63, 3.8) is 0 Å². The van der Waals surface area contributed by atoms with E-state index >= 15 is 0 Å². The van der Waals surface area contributed by atoms with Gasteiger partial charge in [0, 0.05) is 6.54 Å². The summed E-state index contributed by atoms with van der Waals surface area (Å²) in [4.78, 5) is 38.2. The topological polar surface area (TPSA) is 70.9 Å². The van der Waals surface area contributed by atoms with Crippen molar-refractivity contribution in [1.82, 2.24) is 5.32 Å². The maximum absolute atomic E-state index is 12.1. The zero-order valence-electron chi connectivity index (χ0n) is 13.2. The summed E-state index contributed by atoms with van der Waals surface area (Å²) in [6.07, 6.45) is 0.886. The minimum atomic E-state index is -0.520. The number of carbonyl (C=O) groups excluding carboxylic acids is 3. The molecule has 0 saturated carbocycles. The molecule has 6 nitrogen and oxygen atoms in total. The molecule has 22 heavy (non-hydrogen) atoms. The van der Waals surface area contributed by atoms with Gasteiger partial charge >= 0.3 is 5.91 Å². The number of aryl methyl sites for hydroxylation is 1. The van der Waals surface area contributed by atoms with E-state index in [-0.39, 0.29) is 12.5 Å². The number of hydrogen-bond acceptors (Lipinski definition) is 3. The highest BCUT2D eigenvalue weighted by molar-refractivity contribution is 6.52. The van der Waals surface area contributed by atoms with Crippen molar-refractivity contribution in [1.29, 1.82) is 0 Å². The molecular formula is C16H22N3O3+. The lowest BCUT2D eigenvalue weighted by Crippen LogP contribution is -3.12. The second-order valence-electron chi connectivity index (χ2n) is 5.72. The van der Waals surface area contributed by atoms with E-state index in [9.17, 15) is 14.4 Å². The van der Waals surface area contributed by atoms with Gasteiger partial charge in [-0.25, -0.2) is 0 Å². The number of fused-ring (bicyclic) bond motifs is 1. The van der Waals surface area contributed by atoms with Crippen LogP contribution in [-0.4, -0.2) is 44.4 Å². The van der Waals surface area contributed by atoms with E-state index in [1.165, 1.54) is 4.90 Å². The third-order valence-corrected chi connectivity index (χ3v) is 3.59. The molecule has 6 heteroatoms. The first kappa shape index (κ1) is 16.2. The average molecular weight is 304 g/mol. The molecule has 0 aromatic heterocycles. The molecule has 2 N–H and O–H groups in total. The Morgan fingerprint density at radius 1 is 1.32 bits per heavy atom. The predicted molar refractivity (Wildman–Crippen MR) is 82.9 cm³/mol. The number of ketones is 1. The molecule has 1 unspecified atom stereocenters. The number of hydrogen-bond donors (Lipinski definition) is 2. The van der Waals surface area contributed by atoms with Crippen LogP contribution in [0.4, 0.5) is 5.69 Å². The van der Waals surface area contributed by atoms with E-state index in [0.717, 1.165) is 16.9 Å². The standard InChI is InChI=1S/C16H21N3O3/c1-4-7-17-14(20)9-18(3)10-19-13-6-5-11(2)8-12(13)15(21)16(19)22/h5-6,8H,4,7,9-10H2,1-3H3,(H,17,20)/p+1. The average Bonchev–Trinajstić information content (AvgIpc) is 2.70. The Morgan fingerprint density at radius 2 is 2.05 bits per heavy atom. The van der Waals surface area contributed by atoms with Crippen LogP contribution < -0.4 is 15.1 Å². The Labute approximate surface area is 130 Å². The first-order valence-electron chi connectivity index (χ1n) is 7.49. The summed E-state index contributed by atoms with van der Waals surface area (Å²) in [5, 5.41) is 2.80. The zero-order valence-corrected chi connectivity index (χ0v) is 13.2. The van der Waals surface area contributed by atoms with Crippen molar-refractivity contribution < 1.29 is 19.3 Å². The first-order valence-corrected chi connectivity index (χ1v) is 7.49. The Balaban J connectivity index is 2.06. The van der Waals surface area contributed by atoms with Crippen molar-refractivity contribution in [2.24, 2.45) is 0 Å². The van der Waals surface area contributed by atoms with E-state index in [1.54, 1.807) is 12.1 Å². The van der Waals surface area contributed by atoms with Gasteiger partial charge in [-0.3, -0.25) is 19.3 Å². The van der Waals surface area contributed by atoms with Crippen molar-refractivity contribution in [2.45, 2.75) is 20.3 Å². The van der Waals surface area contributed by atoms with Crippen LogP contribution >= 0.6 is 0 Å².